The monoisotopic (exact) mass is 505 g/mol. The number of anilines is 1. The number of aryl methyl sites for hydroxylation is 1. The SMILES string of the molecule is CCc1nncn1CCNC(=NC)NC1CCN(c2c(F)cccc2F)C1.I. The van der Waals surface area contributed by atoms with Gasteiger partial charge in [0.25, 0.3) is 0 Å². The van der Waals surface area contributed by atoms with E-state index in [0.29, 0.717) is 25.6 Å². The van der Waals surface area contributed by atoms with Crippen molar-refractivity contribution in [3.63, 3.8) is 0 Å². The van der Waals surface area contributed by atoms with Crippen LogP contribution in [-0.2, 0) is 13.0 Å². The zero-order valence-corrected chi connectivity index (χ0v) is 18.4. The molecule has 0 spiro atoms. The molecule has 1 unspecified atom stereocenters. The molecule has 1 aromatic carbocycles. The van der Waals surface area contributed by atoms with Gasteiger partial charge in [0.15, 0.2) is 5.96 Å². The Morgan fingerprint density at radius 2 is 2.07 bits per heavy atom. The molecule has 2 N–H and O–H groups in total. The molecule has 0 aliphatic carbocycles. The summed E-state index contributed by atoms with van der Waals surface area (Å²) in [5, 5.41) is 14.6. The molecule has 0 saturated carbocycles. The number of halogens is 3. The minimum Gasteiger partial charge on any atom is -0.365 e. The molecule has 0 bridgehead atoms. The largest absolute Gasteiger partial charge is 0.365 e. The Morgan fingerprint density at radius 3 is 2.75 bits per heavy atom. The van der Waals surface area contributed by atoms with E-state index in [1.165, 1.54) is 18.2 Å². The van der Waals surface area contributed by atoms with Crippen molar-refractivity contribution in [2.24, 2.45) is 4.99 Å². The first kappa shape index (κ1) is 22.3. The van der Waals surface area contributed by atoms with Gasteiger partial charge in [-0.05, 0) is 18.6 Å². The second kappa shape index (κ2) is 10.5. The zero-order chi connectivity index (χ0) is 19.2. The van der Waals surface area contributed by atoms with Crippen LogP contribution < -0.4 is 15.5 Å². The van der Waals surface area contributed by atoms with Crippen LogP contribution in [0.4, 0.5) is 14.5 Å². The summed E-state index contributed by atoms with van der Waals surface area (Å²) in [6.45, 7) is 4.55. The summed E-state index contributed by atoms with van der Waals surface area (Å²) in [4.78, 5) is 5.97. The summed E-state index contributed by atoms with van der Waals surface area (Å²) in [5.41, 5.74) is 0.0458. The number of nitrogens with one attached hydrogen (secondary N) is 2. The first-order valence-electron chi connectivity index (χ1n) is 9.15. The van der Waals surface area contributed by atoms with Crippen molar-refractivity contribution in [1.29, 1.82) is 0 Å². The van der Waals surface area contributed by atoms with Crippen LogP contribution in [0.15, 0.2) is 29.5 Å². The Bertz CT molecular complexity index is 776. The lowest BCUT2D eigenvalue weighted by atomic mass is 10.2. The molecule has 1 aliphatic rings. The molecular formula is C18H26F2IN7. The van der Waals surface area contributed by atoms with Crippen molar-refractivity contribution in [2.45, 2.75) is 32.4 Å². The maximum absolute atomic E-state index is 14.0. The smallest absolute Gasteiger partial charge is 0.191 e. The lowest BCUT2D eigenvalue weighted by Crippen LogP contribution is -2.45. The van der Waals surface area contributed by atoms with E-state index in [4.69, 9.17) is 0 Å². The lowest BCUT2D eigenvalue weighted by molar-refractivity contribution is 0.575. The molecule has 1 fully saturated rings. The van der Waals surface area contributed by atoms with Crippen LogP contribution in [0.1, 0.15) is 19.2 Å². The fourth-order valence-electron chi connectivity index (χ4n) is 3.29. The molecule has 2 heterocycles. The number of hydrogen-bond acceptors (Lipinski definition) is 4. The molecule has 154 valence electrons. The van der Waals surface area contributed by atoms with Gasteiger partial charge >= 0.3 is 0 Å². The average Bonchev–Trinajstić information content (AvgIpc) is 3.30. The first-order valence-corrected chi connectivity index (χ1v) is 9.15. The molecule has 1 atom stereocenters. The molecule has 7 nitrogen and oxygen atoms in total. The van der Waals surface area contributed by atoms with E-state index in [1.54, 1.807) is 18.3 Å². The number of nitrogens with zero attached hydrogens (tertiary/aromatic N) is 5. The quantitative estimate of drug-likeness (QED) is 0.358. The second-order valence-electron chi connectivity index (χ2n) is 6.44. The normalized spacial score (nSPS) is 16.8. The maximum atomic E-state index is 14.0. The molecule has 2 aromatic rings. The van der Waals surface area contributed by atoms with E-state index in [2.05, 4.69) is 25.8 Å². The fraction of sp³-hybridized carbons (Fsp3) is 0.500. The molecule has 10 heteroatoms. The van der Waals surface area contributed by atoms with Crippen molar-refractivity contribution in [3.05, 3.63) is 42.0 Å². The minimum absolute atomic E-state index is 0. The van der Waals surface area contributed by atoms with Gasteiger partial charge in [0.2, 0.25) is 0 Å². The highest BCUT2D eigenvalue weighted by atomic mass is 127. The third-order valence-corrected chi connectivity index (χ3v) is 4.66. The summed E-state index contributed by atoms with van der Waals surface area (Å²) >= 11 is 0. The molecule has 1 aromatic heterocycles. The third kappa shape index (κ3) is 5.30. The average molecular weight is 505 g/mol. The van der Waals surface area contributed by atoms with Gasteiger partial charge in [-0.3, -0.25) is 4.99 Å². The highest BCUT2D eigenvalue weighted by Gasteiger charge is 2.27. The van der Waals surface area contributed by atoms with E-state index < -0.39 is 11.6 Å². The summed E-state index contributed by atoms with van der Waals surface area (Å²) in [6, 6.07) is 4.02. The van der Waals surface area contributed by atoms with Crippen molar-refractivity contribution in [1.82, 2.24) is 25.4 Å². The number of hydrogen-bond donors (Lipinski definition) is 2. The van der Waals surface area contributed by atoms with E-state index in [1.807, 2.05) is 11.5 Å². The van der Waals surface area contributed by atoms with Gasteiger partial charge in [-0.2, -0.15) is 0 Å². The van der Waals surface area contributed by atoms with Gasteiger partial charge in [-0.15, -0.1) is 34.2 Å². The first-order chi connectivity index (χ1) is 13.1. The van der Waals surface area contributed by atoms with Crippen LogP contribution in [0.5, 0.6) is 0 Å². The Balaban J connectivity index is 0.00000280. The molecule has 28 heavy (non-hydrogen) atoms. The number of aliphatic imine (C=N–C) groups is 1. The van der Waals surface area contributed by atoms with E-state index in [-0.39, 0.29) is 35.7 Å². The molecule has 0 radical (unpaired) electrons. The Hall–Kier alpha value is -1.98. The van der Waals surface area contributed by atoms with Gasteiger partial charge in [0.05, 0.1) is 0 Å². The Kier molecular flexibility index (Phi) is 8.39. The summed E-state index contributed by atoms with van der Waals surface area (Å²) in [7, 11) is 1.70. The number of rotatable bonds is 6. The predicted molar refractivity (Wildman–Crippen MR) is 116 cm³/mol. The van der Waals surface area contributed by atoms with Crippen molar-refractivity contribution >= 4 is 35.6 Å². The molecule has 1 aliphatic heterocycles. The second-order valence-corrected chi connectivity index (χ2v) is 6.44. The van der Waals surface area contributed by atoms with Gasteiger partial charge in [-0.1, -0.05) is 13.0 Å². The number of para-hydroxylation sites is 1. The highest BCUT2D eigenvalue weighted by molar-refractivity contribution is 14.0. The van der Waals surface area contributed by atoms with Gasteiger partial charge in [-0.25, -0.2) is 8.78 Å². The minimum atomic E-state index is -0.529. The van der Waals surface area contributed by atoms with Crippen LogP contribution in [-0.4, -0.2) is 53.4 Å². The van der Waals surface area contributed by atoms with Crippen molar-refractivity contribution in [3.8, 4) is 0 Å². The summed E-state index contributed by atoms with van der Waals surface area (Å²) < 4.78 is 29.9. The molecule has 1 saturated heterocycles. The standard InChI is InChI=1S/C18H25F2N7.HI/c1-3-16-25-23-12-27(16)10-8-22-18(21-2)24-13-7-9-26(11-13)17-14(19)5-4-6-15(17)20;/h4-6,12-13H,3,7-11H2,1-2H3,(H2,21,22,24);1H. The van der Waals surface area contributed by atoms with E-state index >= 15 is 0 Å². The van der Waals surface area contributed by atoms with Gasteiger partial charge < -0.3 is 20.1 Å². The van der Waals surface area contributed by atoms with Gasteiger partial charge in [0.1, 0.15) is 29.5 Å². The summed E-state index contributed by atoms with van der Waals surface area (Å²) in [6.07, 6.45) is 3.33. The number of guanidine groups is 1. The maximum Gasteiger partial charge on any atom is 0.191 e. The summed E-state index contributed by atoms with van der Waals surface area (Å²) in [5.74, 6) is 0.553. The zero-order valence-electron chi connectivity index (χ0n) is 16.0. The van der Waals surface area contributed by atoms with Crippen molar-refractivity contribution in [2.75, 3.05) is 31.6 Å². The third-order valence-electron chi connectivity index (χ3n) is 4.66. The number of aromatic nitrogens is 3. The lowest BCUT2D eigenvalue weighted by Gasteiger charge is -2.21. The van der Waals surface area contributed by atoms with Gasteiger partial charge in [0, 0.05) is 45.7 Å². The van der Waals surface area contributed by atoms with Crippen molar-refractivity contribution < 1.29 is 8.78 Å². The number of benzene rings is 1. The molecule has 0 amide bonds. The van der Waals surface area contributed by atoms with E-state index in [0.717, 1.165) is 25.2 Å². The van der Waals surface area contributed by atoms with Crippen LogP contribution in [0.2, 0.25) is 0 Å². The molecular weight excluding hydrogens is 479 g/mol. The topological polar surface area (TPSA) is 70.4 Å². The van der Waals surface area contributed by atoms with Crippen LogP contribution in [0.25, 0.3) is 0 Å². The Labute approximate surface area is 180 Å². The predicted octanol–water partition coefficient (Wildman–Crippen LogP) is 2.18. The van der Waals surface area contributed by atoms with Crippen LogP contribution >= 0.6 is 24.0 Å². The highest BCUT2D eigenvalue weighted by Crippen LogP contribution is 2.26. The molecule has 3 rings (SSSR count). The Morgan fingerprint density at radius 1 is 1.32 bits per heavy atom. The van der Waals surface area contributed by atoms with E-state index in [9.17, 15) is 8.78 Å². The van der Waals surface area contributed by atoms with Crippen LogP contribution in [0.3, 0.4) is 0 Å². The van der Waals surface area contributed by atoms with Crippen LogP contribution in [0, 0.1) is 11.6 Å². The fourth-order valence-corrected chi connectivity index (χ4v) is 3.29.